The summed E-state index contributed by atoms with van der Waals surface area (Å²) in [5.74, 6) is 0.953. The number of ether oxygens (including phenoxy) is 1. The van der Waals surface area contributed by atoms with Crippen molar-refractivity contribution < 1.29 is 9.53 Å². The van der Waals surface area contributed by atoms with Crippen LogP contribution in [0.2, 0.25) is 0 Å². The number of hydrogen-bond donors (Lipinski definition) is 1. The highest BCUT2D eigenvalue weighted by atomic mass is 16.5. The Morgan fingerprint density at radius 3 is 2.46 bits per heavy atom. The van der Waals surface area contributed by atoms with Crippen molar-refractivity contribution in [3.05, 3.63) is 65.7 Å². The maximum absolute atomic E-state index is 12.3. The van der Waals surface area contributed by atoms with Gasteiger partial charge in [0.05, 0.1) is 6.61 Å². The number of likely N-dealkylation sites (N-methyl/N-ethyl adjacent to an activating group) is 1. The molecule has 0 bridgehead atoms. The van der Waals surface area contributed by atoms with Crippen LogP contribution in [0.3, 0.4) is 0 Å². The van der Waals surface area contributed by atoms with Crippen LogP contribution in [-0.2, 0) is 17.6 Å². The minimum absolute atomic E-state index is 0.0798. The van der Waals surface area contributed by atoms with Crippen molar-refractivity contribution >= 4 is 5.91 Å². The second kappa shape index (κ2) is 10.6. The quantitative estimate of drug-likeness (QED) is 0.712. The molecule has 0 radical (unpaired) electrons. The normalized spacial score (nSPS) is 12.0. The van der Waals surface area contributed by atoms with Gasteiger partial charge in [0.1, 0.15) is 5.75 Å². The summed E-state index contributed by atoms with van der Waals surface area (Å²) in [5, 5.41) is 3.08. The van der Waals surface area contributed by atoms with Gasteiger partial charge in [0, 0.05) is 19.0 Å². The van der Waals surface area contributed by atoms with Gasteiger partial charge in [0.25, 0.3) is 0 Å². The van der Waals surface area contributed by atoms with Crippen LogP contribution in [0.25, 0.3) is 0 Å². The van der Waals surface area contributed by atoms with E-state index in [1.54, 1.807) is 0 Å². The van der Waals surface area contributed by atoms with E-state index in [4.69, 9.17) is 4.74 Å². The van der Waals surface area contributed by atoms with Gasteiger partial charge < -0.3 is 15.0 Å². The molecule has 0 heterocycles. The van der Waals surface area contributed by atoms with Crippen LogP contribution >= 0.6 is 0 Å². The fourth-order valence-electron chi connectivity index (χ4n) is 2.90. The van der Waals surface area contributed by atoms with E-state index >= 15 is 0 Å². The standard InChI is InChI=1S/C22H30N2O2/c1-4-26-21-13-9-8-12-19(21)14-15-22(25)23-17-20(24(2)3)16-18-10-6-5-7-11-18/h5-13,20H,4,14-17H2,1-3H3,(H,23,25). The maximum Gasteiger partial charge on any atom is 0.220 e. The SMILES string of the molecule is CCOc1ccccc1CCC(=O)NCC(Cc1ccccc1)N(C)C. The molecule has 0 spiro atoms. The number of nitrogens with zero attached hydrogens (tertiary/aromatic N) is 1. The lowest BCUT2D eigenvalue weighted by Crippen LogP contribution is -2.41. The molecule has 0 aromatic heterocycles. The first kappa shape index (κ1) is 20.0. The van der Waals surface area contributed by atoms with E-state index in [9.17, 15) is 4.79 Å². The zero-order valence-electron chi connectivity index (χ0n) is 16.1. The molecule has 2 rings (SSSR count). The Morgan fingerprint density at radius 1 is 1.08 bits per heavy atom. The van der Waals surface area contributed by atoms with Crippen molar-refractivity contribution in [2.75, 3.05) is 27.2 Å². The van der Waals surface area contributed by atoms with Crippen molar-refractivity contribution in [2.24, 2.45) is 0 Å². The Bertz CT molecular complexity index is 671. The lowest BCUT2D eigenvalue weighted by molar-refractivity contribution is -0.121. The lowest BCUT2D eigenvalue weighted by atomic mass is 10.0. The summed E-state index contributed by atoms with van der Waals surface area (Å²) in [4.78, 5) is 14.5. The van der Waals surface area contributed by atoms with Crippen LogP contribution in [0.1, 0.15) is 24.5 Å². The number of para-hydroxylation sites is 1. The Hall–Kier alpha value is -2.33. The van der Waals surface area contributed by atoms with Crippen molar-refractivity contribution in [3.8, 4) is 5.75 Å². The summed E-state index contributed by atoms with van der Waals surface area (Å²) in [6.07, 6.45) is 2.07. The van der Waals surface area contributed by atoms with Crippen molar-refractivity contribution in [1.82, 2.24) is 10.2 Å². The molecule has 1 amide bonds. The topological polar surface area (TPSA) is 41.6 Å². The molecule has 0 aliphatic carbocycles. The number of hydrogen-bond acceptors (Lipinski definition) is 3. The van der Waals surface area contributed by atoms with Crippen LogP contribution in [0, 0.1) is 0 Å². The van der Waals surface area contributed by atoms with E-state index in [1.807, 2.05) is 37.3 Å². The Kier molecular flexibility index (Phi) is 8.16. The van der Waals surface area contributed by atoms with E-state index < -0.39 is 0 Å². The number of benzene rings is 2. The number of carbonyl (C=O) groups is 1. The second-order valence-electron chi connectivity index (χ2n) is 6.65. The average molecular weight is 354 g/mol. The Balaban J connectivity index is 1.83. The molecular weight excluding hydrogens is 324 g/mol. The van der Waals surface area contributed by atoms with Gasteiger partial charge in [-0.3, -0.25) is 4.79 Å². The Labute approximate surface area is 157 Å². The lowest BCUT2D eigenvalue weighted by Gasteiger charge is -2.25. The summed E-state index contributed by atoms with van der Waals surface area (Å²) in [7, 11) is 4.11. The molecule has 0 saturated carbocycles. The van der Waals surface area contributed by atoms with Crippen molar-refractivity contribution in [2.45, 2.75) is 32.2 Å². The molecule has 1 atom stereocenters. The molecule has 2 aromatic carbocycles. The van der Waals surface area contributed by atoms with Crippen molar-refractivity contribution in [1.29, 1.82) is 0 Å². The third kappa shape index (κ3) is 6.52. The molecular formula is C22H30N2O2. The van der Waals surface area contributed by atoms with Gasteiger partial charge in [-0.05, 0) is 51.1 Å². The third-order valence-electron chi connectivity index (χ3n) is 4.47. The summed E-state index contributed by atoms with van der Waals surface area (Å²) >= 11 is 0. The van der Waals surface area contributed by atoms with Crippen LogP contribution < -0.4 is 10.1 Å². The van der Waals surface area contributed by atoms with Crippen LogP contribution in [-0.4, -0.2) is 44.1 Å². The molecule has 1 N–H and O–H groups in total. The van der Waals surface area contributed by atoms with Gasteiger partial charge in [0.15, 0.2) is 0 Å². The summed E-state index contributed by atoms with van der Waals surface area (Å²) in [5.41, 5.74) is 2.36. The molecule has 2 aromatic rings. The molecule has 140 valence electrons. The summed E-state index contributed by atoms with van der Waals surface area (Å²) in [6.45, 7) is 3.25. The zero-order chi connectivity index (χ0) is 18.8. The van der Waals surface area contributed by atoms with Crippen LogP contribution in [0.4, 0.5) is 0 Å². The van der Waals surface area contributed by atoms with Gasteiger partial charge in [-0.1, -0.05) is 48.5 Å². The van der Waals surface area contributed by atoms with Crippen molar-refractivity contribution in [3.63, 3.8) is 0 Å². The van der Waals surface area contributed by atoms with Crippen LogP contribution in [0.15, 0.2) is 54.6 Å². The van der Waals surface area contributed by atoms with Gasteiger partial charge in [-0.2, -0.15) is 0 Å². The third-order valence-corrected chi connectivity index (χ3v) is 4.47. The first-order valence-corrected chi connectivity index (χ1v) is 9.28. The number of aryl methyl sites for hydroxylation is 1. The minimum Gasteiger partial charge on any atom is -0.494 e. The fourth-order valence-corrected chi connectivity index (χ4v) is 2.90. The second-order valence-corrected chi connectivity index (χ2v) is 6.65. The number of rotatable bonds is 10. The highest BCUT2D eigenvalue weighted by Gasteiger charge is 2.14. The van der Waals surface area contributed by atoms with Gasteiger partial charge >= 0.3 is 0 Å². The molecule has 4 nitrogen and oxygen atoms in total. The number of amides is 1. The molecule has 0 aliphatic heterocycles. The first-order chi connectivity index (χ1) is 12.6. The van der Waals surface area contributed by atoms with Gasteiger partial charge in [-0.25, -0.2) is 0 Å². The smallest absolute Gasteiger partial charge is 0.220 e. The predicted octanol–water partition coefficient (Wildman–Crippen LogP) is 3.31. The highest BCUT2D eigenvalue weighted by Crippen LogP contribution is 2.19. The fraction of sp³-hybridized carbons (Fsp3) is 0.409. The minimum atomic E-state index is 0.0798. The highest BCUT2D eigenvalue weighted by molar-refractivity contribution is 5.76. The zero-order valence-corrected chi connectivity index (χ0v) is 16.1. The number of nitrogens with one attached hydrogen (secondary N) is 1. The van der Waals surface area contributed by atoms with E-state index in [-0.39, 0.29) is 11.9 Å². The summed E-state index contributed by atoms with van der Waals surface area (Å²) < 4.78 is 5.63. The molecule has 0 aliphatic rings. The summed E-state index contributed by atoms with van der Waals surface area (Å²) in [6, 6.07) is 18.6. The van der Waals surface area contributed by atoms with Gasteiger partial charge in [-0.15, -0.1) is 0 Å². The Morgan fingerprint density at radius 2 is 1.77 bits per heavy atom. The van der Waals surface area contributed by atoms with E-state index in [2.05, 4.69) is 48.6 Å². The molecule has 0 fully saturated rings. The molecule has 26 heavy (non-hydrogen) atoms. The van der Waals surface area contributed by atoms with E-state index in [0.717, 1.165) is 17.7 Å². The average Bonchev–Trinajstić information content (AvgIpc) is 2.65. The molecule has 0 saturated heterocycles. The van der Waals surface area contributed by atoms with E-state index in [0.29, 0.717) is 26.0 Å². The maximum atomic E-state index is 12.3. The predicted molar refractivity (Wildman–Crippen MR) is 107 cm³/mol. The largest absolute Gasteiger partial charge is 0.494 e. The van der Waals surface area contributed by atoms with E-state index in [1.165, 1.54) is 5.56 Å². The monoisotopic (exact) mass is 354 g/mol. The van der Waals surface area contributed by atoms with Gasteiger partial charge in [0.2, 0.25) is 5.91 Å². The molecule has 1 unspecified atom stereocenters. The first-order valence-electron chi connectivity index (χ1n) is 9.28. The molecule has 4 heteroatoms. The number of carbonyl (C=O) groups excluding carboxylic acids is 1. The van der Waals surface area contributed by atoms with Crippen LogP contribution in [0.5, 0.6) is 5.75 Å².